The number of hydrogen-bond acceptors (Lipinski definition) is 3. The number of carbonyl (C=O) groups is 2. The number of halogens is 2. The van der Waals surface area contributed by atoms with Crippen LogP contribution in [0.5, 0.6) is 0 Å². The Morgan fingerprint density at radius 2 is 1.52 bits per heavy atom. The second-order valence-corrected chi connectivity index (χ2v) is 12.9. The maximum Gasteiger partial charge on any atom is 0.338 e. The van der Waals surface area contributed by atoms with Crippen LogP contribution in [0.1, 0.15) is 117 Å². The van der Waals surface area contributed by atoms with E-state index in [-0.39, 0.29) is 17.8 Å². The SMILES string of the molecule is CCOC(=O)c1ccc(N(CCCCl)C(=O)C(c2ccccc2)C2CCCCC2)c(CCCCl)c1CC1CCCCC1. The van der Waals surface area contributed by atoms with Gasteiger partial charge in [0.25, 0.3) is 0 Å². The van der Waals surface area contributed by atoms with E-state index in [2.05, 4.69) is 12.1 Å². The number of nitrogens with zero attached hydrogens (tertiary/aromatic N) is 1. The molecular formula is C36H49Cl2NO3. The van der Waals surface area contributed by atoms with Crippen molar-refractivity contribution in [2.75, 3.05) is 29.8 Å². The molecule has 42 heavy (non-hydrogen) atoms. The minimum atomic E-state index is -0.273. The van der Waals surface area contributed by atoms with Crippen LogP contribution in [0.2, 0.25) is 0 Å². The number of ether oxygens (including phenoxy) is 1. The average Bonchev–Trinajstić information content (AvgIpc) is 3.02. The molecule has 0 spiro atoms. The molecule has 1 amide bonds. The van der Waals surface area contributed by atoms with Gasteiger partial charge in [0, 0.05) is 24.0 Å². The van der Waals surface area contributed by atoms with E-state index in [1.165, 1.54) is 51.4 Å². The van der Waals surface area contributed by atoms with Gasteiger partial charge in [-0.05, 0) is 86.1 Å². The van der Waals surface area contributed by atoms with Crippen LogP contribution in [0.4, 0.5) is 5.69 Å². The largest absolute Gasteiger partial charge is 0.462 e. The summed E-state index contributed by atoms with van der Waals surface area (Å²) in [6.07, 6.45) is 14.9. The molecule has 0 saturated heterocycles. The third-order valence-electron chi connectivity index (χ3n) is 9.30. The Labute approximate surface area is 263 Å². The highest BCUT2D eigenvalue weighted by molar-refractivity contribution is 6.18. The Hall–Kier alpha value is -2.04. The van der Waals surface area contributed by atoms with E-state index in [0.29, 0.717) is 48.7 Å². The third kappa shape index (κ3) is 8.53. The van der Waals surface area contributed by atoms with Gasteiger partial charge in [0.1, 0.15) is 0 Å². The second-order valence-electron chi connectivity index (χ2n) is 12.1. The lowest BCUT2D eigenvalue weighted by molar-refractivity contribution is -0.121. The van der Waals surface area contributed by atoms with Crippen molar-refractivity contribution in [3.63, 3.8) is 0 Å². The van der Waals surface area contributed by atoms with Crippen molar-refractivity contribution in [1.29, 1.82) is 0 Å². The summed E-state index contributed by atoms with van der Waals surface area (Å²) in [5.74, 6) is 1.53. The van der Waals surface area contributed by atoms with Crippen LogP contribution in [0, 0.1) is 11.8 Å². The molecule has 1 unspecified atom stereocenters. The monoisotopic (exact) mass is 613 g/mol. The molecule has 0 heterocycles. The maximum atomic E-state index is 14.9. The molecule has 0 N–H and O–H groups in total. The van der Waals surface area contributed by atoms with Crippen molar-refractivity contribution >= 4 is 40.8 Å². The van der Waals surface area contributed by atoms with Gasteiger partial charge in [-0.2, -0.15) is 0 Å². The fourth-order valence-corrected chi connectivity index (χ4v) is 7.50. The predicted molar refractivity (Wildman–Crippen MR) is 175 cm³/mol. The number of amides is 1. The fraction of sp³-hybridized carbons (Fsp3) is 0.611. The number of benzene rings is 2. The van der Waals surface area contributed by atoms with Gasteiger partial charge in [-0.3, -0.25) is 4.79 Å². The lowest BCUT2D eigenvalue weighted by atomic mass is 9.76. The molecule has 4 nitrogen and oxygen atoms in total. The molecule has 2 aromatic rings. The molecular weight excluding hydrogens is 565 g/mol. The number of esters is 1. The Morgan fingerprint density at radius 3 is 2.17 bits per heavy atom. The summed E-state index contributed by atoms with van der Waals surface area (Å²) in [6.45, 7) is 2.73. The molecule has 1 atom stereocenters. The minimum Gasteiger partial charge on any atom is -0.462 e. The number of anilines is 1. The summed E-state index contributed by atoms with van der Waals surface area (Å²) in [5, 5.41) is 0. The molecule has 230 valence electrons. The zero-order valence-corrected chi connectivity index (χ0v) is 26.9. The predicted octanol–water partition coefficient (Wildman–Crippen LogP) is 9.48. The standard InChI is InChI=1S/C36H49Cl2NO3/c1-2-42-36(41)31-21-22-33(30(20-12-23-37)32(31)26-27-14-6-3-7-15-27)39(25-13-24-38)35(40)34(28-16-8-4-9-17-28)29-18-10-5-11-19-29/h4,8-9,16-17,21-22,27,29,34H,2-3,5-7,10-15,18-20,23-26H2,1H3. The molecule has 0 aromatic heterocycles. The van der Waals surface area contributed by atoms with Crippen LogP contribution in [0.25, 0.3) is 0 Å². The van der Waals surface area contributed by atoms with E-state index < -0.39 is 0 Å². The summed E-state index contributed by atoms with van der Waals surface area (Å²) in [4.78, 5) is 30.1. The molecule has 0 bridgehead atoms. The van der Waals surface area contributed by atoms with E-state index in [1.807, 2.05) is 42.2 Å². The molecule has 2 fully saturated rings. The van der Waals surface area contributed by atoms with E-state index in [4.69, 9.17) is 27.9 Å². The van der Waals surface area contributed by atoms with Crippen molar-refractivity contribution in [3.8, 4) is 0 Å². The Kier molecular flexibility index (Phi) is 13.5. The first-order valence-corrected chi connectivity index (χ1v) is 17.5. The van der Waals surface area contributed by atoms with Crippen LogP contribution in [-0.4, -0.2) is 36.8 Å². The highest BCUT2D eigenvalue weighted by Gasteiger charge is 2.36. The first kappa shape index (κ1) is 32.9. The molecule has 0 aliphatic heterocycles. The summed E-state index contributed by atoms with van der Waals surface area (Å²) < 4.78 is 5.54. The quantitative estimate of drug-likeness (QED) is 0.157. The third-order valence-corrected chi connectivity index (χ3v) is 9.83. The van der Waals surface area contributed by atoms with Crippen molar-refractivity contribution in [1.82, 2.24) is 0 Å². The number of rotatable bonds is 14. The van der Waals surface area contributed by atoms with Crippen LogP contribution >= 0.6 is 23.2 Å². The molecule has 2 saturated carbocycles. The Bertz CT molecular complexity index is 1130. The van der Waals surface area contributed by atoms with Gasteiger partial charge >= 0.3 is 5.97 Å². The minimum absolute atomic E-state index is 0.151. The van der Waals surface area contributed by atoms with Gasteiger partial charge in [-0.15, -0.1) is 23.2 Å². The first-order valence-electron chi connectivity index (χ1n) is 16.4. The number of alkyl halides is 2. The Balaban J connectivity index is 1.83. The van der Waals surface area contributed by atoms with Crippen LogP contribution < -0.4 is 4.90 Å². The Morgan fingerprint density at radius 1 is 0.857 bits per heavy atom. The van der Waals surface area contributed by atoms with Crippen LogP contribution in [0.3, 0.4) is 0 Å². The van der Waals surface area contributed by atoms with Gasteiger partial charge in [0.15, 0.2) is 0 Å². The summed E-state index contributed by atoms with van der Waals surface area (Å²) in [5.41, 5.74) is 4.81. The van der Waals surface area contributed by atoms with Gasteiger partial charge < -0.3 is 9.64 Å². The summed E-state index contributed by atoms with van der Waals surface area (Å²) in [6, 6.07) is 14.2. The topological polar surface area (TPSA) is 46.6 Å². The smallest absolute Gasteiger partial charge is 0.338 e. The van der Waals surface area contributed by atoms with Crippen molar-refractivity contribution < 1.29 is 14.3 Å². The lowest BCUT2D eigenvalue weighted by Gasteiger charge is -2.36. The molecule has 2 aromatic carbocycles. The highest BCUT2D eigenvalue weighted by atomic mass is 35.5. The zero-order valence-electron chi connectivity index (χ0n) is 25.4. The summed E-state index contributed by atoms with van der Waals surface area (Å²) in [7, 11) is 0. The molecule has 4 rings (SSSR count). The molecule has 2 aliphatic rings. The van der Waals surface area contributed by atoms with Crippen LogP contribution in [-0.2, 0) is 22.4 Å². The maximum absolute atomic E-state index is 14.9. The van der Waals surface area contributed by atoms with Crippen LogP contribution in [0.15, 0.2) is 42.5 Å². The lowest BCUT2D eigenvalue weighted by Crippen LogP contribution is -2.40. The van der Waals surface area contributed by atoms with E-state index in [9.17, 15) is 9.59 Å². The van der Waals surface area contributed by atoms with Gasteiger partial charge in [0.05, 0.1) is 18.1 Å². The average molecular weight is 615 g/mol. The van der Waals surface area contributed by atoms with Gasteiger partial charge in [-0.1, -0.05) is 81.7 Å². The van der Waals surface area contributed by atoms with E-state index in [1.54, 1.807) is 0 Å². The molecule has 2 aliphatic carbocycles. The number of carbonyl (C=O) groups excluding carboxylic acids is 2. The summed E-state index contributed by atoms with van der Waals surface area (Å²) >= 11 is 12.5. The van der Waals surface area contributed by atoms with E-state index in [0.717, 1.165) is 54.5 Å². The van der Waals surface area contributed by atoms with E-state index >= 15 is 0 Å². The van der Waals surface area contributed by atoms with Crippen molar-refractivity contribution in [2.24, 2.45) is 11.8 Å². The molecule has 6 heteroatoms. The fourth-order valence-electron chi connectivity index (χ4n) is 7.25. The molecule has 0 radical (unpaired) electrons. The van der Waals surface area contributed by atoms with Gasteiger partial charge in [-0.25, -0.2) is 4.79 Å². The normalized spacial score (nSPS) is 17.1. The zero-order chi connectivity index (χ0) is 29.7. The number of hydrogen-bond donors (Lipinski definition) is 0. The highest BCUT2D eigenvalue weighted by Crippen LogP contribution is 2.40. The second kappa shape index (κ2) is 17.3. The van der Waals surface area contributed by atoms with Gasteiger partial charge in [0.2, 0.25) is 5.91 Å². The van der Waals surface area contributed by atoms with Crippen molar-refractivity contribution in [2.45, 2.75) is 103 Å². The first-order chi connectivity index (χ1) is 20.6. The van der Waals surface area contributed by atoms with Crippen molar-refractivity contribution in [3.05, 3.63) is 64.7 Å².